The fraction of sp³-hybridized carbons (Fsp3) is 0.320. The van der Waals surface area contributed by atoms with Gasteiger partial charge in [-0.05, 0) is 53.4 Å². The van der Waals surface area contributed by atoms with Gasteiger partial charge in [0.2, 0.25) is 0 Å². The van der Waals surface area contributed by atoms with Gasteiger partial charge in [-0.3, -0.25) is 4.79 Å². The Hall–Kier alpha value is -2.93. The smallest absolute Gasteiger partial charge is 0.264 e. The van der Waals surface area contributed by atoms with E-state index in [0.717, 1.165) is 16.3 Å². The van der Waals surface area contributed by atoms with Gasteiger partial charge in [-0.1, -0.05) is 49.4 Å². The van der Waals surface area contributed by atoms with Crippen LogP contribution in [-0.4, -0.2) is 42.9 Å². The van der Waals surface area contributed by atoms with Crippen molar-refractivity contribution in [1.82, 2.24) is 4.90 Å². The molecule has 32 heavy (non-hydrogen) atoms. The summed E-state index contributed by atoms with van der Waals surface area (Å²) < 4.78 is 43.5. The Bertz CT molecular complexity index is 1200. The third kappa shape index (κ3) is 4.93. The molecule has 1 aliphatic rings. The third-order valence-electron chi connectivity index (χ3n) is 5.89. The second-order valence-electron chi connectivity index (χ2n) is 8.13. The third-order valence-corrected chi connectivity index (χ3v) is 7.64. The summed E-state index contributed by atoms with van der Waals surface area (Å²) in [5, 5.41) is 2.09. The molecule has 1 heterocycles. The van der Waals surface area contributed by atoms with E-state index in [-0.39, 0.29) is 23.2 Å². The van der Waals surface area contributed by atoms with Gasteiger partial charge in [0.25, 0.3) is 5.91 Å². The molecule has 1 aliphatic heterocycles. The van der Waals surface area contributed by atoms with Gasteiger partial charge in [-0.2, -0.15) is 0 Å². The first kappa shape index (κ1) is 22.3. The first-order chi connectivity index (χ1) is 15.4. The number of nitrogens with zero attached hydrogens (tertiary/aromatic N) is 1. The normalized spacial score (nSPS) is 18.4. The minimum absolute atomic E-state index is 0.0452. The highest BCUT2D eigenvalue weighted by Crippen LogP contribution is 2.26. The van der Waals surface area contributed by atoms with Crippen LogP contribution >= 0.6 is 0 Å². The average Bonchev–Trinajstić information content (AvgIpc) is 3.16. The Morgan fingerprint density at radius 3 is 2.50 bits per heavy atom. The fourth-order valence-electron chi connectivity index (χ4n) is 4.19. The SMILES string of the molecule is CC[C@H](Oc1ccc(F)cc1)C(=O)N(Cc1cccc2ccccc12)[C@@H]1CCS(=O)(=O)C1. The maximum atomic E-state index is 13.6. The molecule has 1 fully saturated rings. The standard InChI is InChI=1S/C25H26FNO4S/c1-2-24(31-22-12-10-20(26)11-13-22)25(28)27(21-14-15-32(29,30)17-21)16-19-8-5-7-18-6-3-4-9-23(18)19/h3-13,21,24H,2,14-17H2,1H3/t21-,24+/m1/s1. The van der Waals surface area contributed by atoms with Crippen LogP contribution in [0.25, 0.3) is 10.8 Å². The molecule has 5 nitrogen and oxygen atoms in total. The molecule has 7 heteroatoms. The summed E-state index contributed by atoms with van der Waals surface area (Å²) in [6.07, 6.45) is 0.0202. The molecule has 3 aromatic rings. The number of sulfone groups is 1. The van der Waals surface area contributed by atoms with Crippen molar-refractivity contribution in [3.8, 4) is 5.75 Å². The van der Waals surface area contributed by atoms with Crippen LogP contribution in [0.4, 0.5) is 4.39 Å². The van der Waals surface area contributed by atoms with E-state index < -0.39 is 22.0 Å². The van der Waals surface area contributed by atoms with Crippen LogP contribution in [0.2, 0.25) is 0 Å². The maximum Gasteiger partial charge on any atom is 0.264 e. The van der Waals surface area contributed by atoms with Crippen LogP contribution in [0.15, 0.2) is 66.7 Å². The van der Waals surface area contributed by atoms with Crippen molar-refractivity contribution in [3.05, 3.63) is 78.1 Å². The number of benzene rings is 3. The zero-order valence-corrected chi connectivity index (χ0v) is 18.7. The van der Waals surface area contributed by atoms with Crippen molar-refractivity contribution in [3.63, 3.8) is 0 Å². The van der Waals surface area contributed by atoms with E-state index in [1.807, 2.05) is 49.4 Å². The second kappa shape index (κ2) is 9.28. The molecule has 1 saturated heterocycles. The number of carbonyl (C=O) groups excluding carboxylic acids is 1. The van der Waals surface area contributed by atoms with Crippen LogP contribution in [0.1, 0.15) is 25.3 Å². The molecule has 0 aliphatic carbocycles. The van der Waals surface area contributed by atoms with E-state index in [1.165, 1.54) is 24.3 Å². The molecule has 2 atom stereocenters. The number of carbonyl (C=O) groups is 1. The van der Waals surface area contributed by atoms with Crippen molar-refractivity contribution < 1.29 is 22.3 Å². The van der Waals surface area contributed by atoms with E-state index in [9.17, 15) is 17.6 Å². The molecule has 0 saturated carbocycles. The van der Waals surface area contributed by atoms with Gasteiger partial charge >= 0.3 is 0 Å². The summed E-state index contributed by atoms with van der Waals surface area (Å²) in [7, 11) is -3.18. The van der Waals surface area contributed by atoms with Gasteiger partial charge in [0.15, 0.2) is 15.9 Å². The lowest BCUT2D eigenvalue weighted by Crippen LogP contribution is -2.47. The summed E-state index contributed by atoms with van der Waals surface area (Å²) in [6.45, 7) is 2.14. The van der Waals surface area contributed by atoms with Gasteiger partial charge in [-0.25, -0.2) is 12.8 Å². The maximum absolute atomic E-state index is 13.6. The molecule has 1 amide bonds. The molecule has 0 unspecified atom stereocenters. The van der Waals surface area contributed by atoms with E-state index >= 15 is 0 Å². The predicted octanol–water partition coefficient (Wildman–Crippen LogP) is 4.35. The zero-order valence-electron chi connectivity index (χ0n) is 17.9. The Morgan fingerprint density at radius 1 is 1.09 bits per heavy atom. The van der Waals surface area contributed by atoms with Gasteiger partial charge in [0.05, 0.1) is 11.5 Å². The number of hydrogen-bond donors (Lipinski definition) is 0. The van der Waals surface area contributed by atoms with Crippen molar-refractivity contribution in [1.29, 1.82) is 0 Å². The summed E-state index contributed by atoms with van der Waals surface area (Å²) in [6, 6.07) is 19.0. The van der Waals surface area contributed by atoms with Crippen molar-refractivity contribution in [2.24, 2.45) is 0 Å². The second-order valence-corrected chi connectivity index (χ2v) is 10.4. The molecule has 0 spiro atoms. The van der Waals surface area contributed by atoms with Crippen LogP contribution in [0.3, 0.4) is 0 Å². The highest BCUT2D eigenvalue weighted by Gasteiger charge is 2.37. The average molecular weight is 456 g/mol. The Labute approximate surface area is 187 Å². The Balaban J connectivity index is 1.65. The van der Waals surface area contributed by atoms with E-state index in [1.54, 1.807) is 4.90 Å². The van der Waals surface area contributed by atoms with E-state index in [2.05, 4.69) is 0 Å². The molecule has 3 aromatic carbocycles. The molecule has 0 radical (unpaired) electrons. The number of ether oxygens (including phenoxy) is 1. The highest BCUT2D eigenvalue weighted by atomic mass is 32.2. The van der Waals surface area contributed by atoms with Gasteiger partial charge < -0.3 is 9.64 Å². The molecular weight excluding hydrogens is 429 g/mol. The van der Waals surface area contributed by atoms with Gasteiger partial charge in [0.1, 0.15) is 11.6 Å². The van der Waals surface area contributed by atoms with Crippen molar-refractivity contribution in [2.45, 2.75) is 38.5 Å². The summed E-state index contributed by atoms with van der Waals surface area (Å²) in [5.41, 5.74) is 0.956. The van der Waals surface area contributed by atoms with E-state index in [4.69, 9.17) is 4.74 Å². The van der Waals surface area contributed by atoms with Crippen molar-refractivity contribution in [2.75, 3.05) is 11.5 Å². The topological polar surface area (TPSA) is 63.7 Å². The monoisotopic (exact) mass is 455 g/mol. The Kier molecular flexibility index (Phi) is 6.46. The van der Waals surface area contributed by atoms with Crippen LogP contribution in [0, 0.1) is 5.82 Å². The van der Waals surface area contributed by atoms with Crippen LogP contribution in [0.5, 0.6) is 5.75 Å². The molecule has 0 N–H and O–H groups in total. The van der Waals surface area contributed by atoms with Gasteiger partial charge in [-0.15, -0.1) is 0 Å². The predicted molar refractivity (Wildman–Crippen MR) is 123 cm³/mol. The number of hydrogen-bond acceptors (Lipinski definition) is 4. The summed E-state index contributed by atoms with van der Waals surface area (Å²) >= 11 is 0. The number of halogens is 1. The molecular formula is C25H26FNO4S. The first-order valence-electron chi connectivity index (χ1n) is 10.8. The minimum Gasteiger partial charge on any atom is -0.481 e. The lowest BCUT2D eigenvalue weighted by Gasteiger charge is -2.32. The number of rotatable bonds is 7. The minimum atomic E-state index is -3.18. The van der Waals surface area contributed by atoms with Crippen molar-refractivity contribution >= 4 is 26.5 Å². The van der Waals surface area contributed by atoms with E-state index in [0.29, 0.717) is 25.1 Å². The molecule has 168 valence electrons. The summed E-state index contributed by atoms with van der Waals surface area (Å²) in [4.78, 5) is 15.3. The lowest BCUT2D eigenvalue weighted by atomic mass is 10.0. The Morgan fingerprint density at radius 2 is 1.81 bits per heavy atom. The first-order valence-corrected chi connectivity index (χ1v) is 12.6. The molecule has 4 rings (SSSR count). The summed E-state index contributed by atoms with van der Waals surface area (Å²) in [5.74, 6) is -0.212. The highest BCUT2D eigenvalue weighted by molar-refractivity contribution is 7.91. The van der Waals surface area contributed by atoms with Crippen LogP contribution in [-0.2, 0) is 21.2 Å². The lowest BCUT2D eigenvalue weighted by molar-refractivity contribution is -0.141. The molecule has 0 bridgehead atoms. The largest absolute Gasteiger partial charge is 0.481 e. The van der Waals surface area contributed by atoms with Gasteiger partial charge in [0, 0.05) is 12.6 Å². The quantitative estimate of drug-likeness (QED) is 0.531. The number of amides is 1. The fourth-order valence-corrected chi connectivity index (χ4v) is 5.92. The zero-order chi connectivity index (χ0) is 22.7. The molecule has 0 aromatic heterocycles. The number of fused-ring (bicyclic) bond motifs is 1. The van der Waals surface area contributed by atoms with Crippen LogP contribution < -0.4 is 4.74 Å².